The summed E-state index contributed by atoms with van der Waals surface area (Å²) in [5.41, 5.74) is 7.28. The molecule has 2 N–H and O–H groups in total. The van der Waals surface area contributed by atoms with Crippen LogP contribution in [0.3, 0.4) is 0 Å². The van der Waals surface area contributed by atoms with Crippen LogP contribution in [-0.2, 0) is 6.42 Å². The first-order valence-corrected chi connectivity index (χ1v) is 5.50. The molecule has 2 aromatic rings. The quantitative estimate of drug-likeness (QED) is 0.797. The van der Waals surface area contributed by atoms with E-state index in [1.54, 1.807) is 0 Å². The second kappa shape index (κ2) is 3.63. The Kier molecular flexibility index (Phi) is 2.13. The van der Waals surface area contributed by atoms with Crippen LogP contribution in [0, 0.1) is 5.92 Å². The molecule has 0 saturated heterocycles. The number of benzene rings is 1. The van der Waals surface area contributed by atoms with E-state index in [0.29, 0.717) is 5.89 Å². The van der Waals surface area contributed by atoms with Gasteiger partial charge in [0.15, 0.2) is 5.82 Å². The summed E-state index contributed by atoms with van der Waals surface area (Å²) in [5.74, 6) is 2.17. The monoisotopic (exact) mass is 215 g/mol. The Hall–Kier alpha value is -1.84. The average molecular weight is 215 g/mol. The minimum Gasteiger partial charge on any atom is -0.399 e. The van der Waals surface area contributed by atoms with Gasteiger partial charge in [-0.2, -0.15) is 4.98 Å². The molecule has 0 amide bonds. The van der Waals surface area contributed by atoms with Gasteiger partial charge in [-0.3, -0.25) is 0 Å². The van der Waals surface area contributed by atoms with Crippen molar-refractivity contribution < 1.29 is 4.52 Å². The molecule has 1 aliphatic rings. The van der Waals surface area contributed by atoms with Gasteiger partial charge in [-0.15, -0.1) is 0 Å². The summed E-state index contributed by atoms with van der Waals surface area (Å²) in [6.07, 6.45) is 3.54. The van der Waals surface area contributed by atoms with Gasteiger partial charge in [-0.05, 0) is 43.0 Å². The van der Waals surface area contributed by atoms with Crippen LogP contribution in [0.2, 0.25) is 0 Å². The van der Waals surface area contributed by atoms with E-state index in [4.69, 9.17) is 10.3 Å². The first-order chi connectivity index (χ1) is 7.81. The van der Waals surface area contributed by atoms with Crippen molar-refractivity contribution in [3.63, 3.8) is 0 Å². The number of rotatable bonds is 3. The third kappa shape index (κ3) is 1.91. The zero-order valence-corrected chi connectivity index (χ0v) is 8.89. The normalized spacial score (nSPS) is 15.2. The second-order valence-corrected chi connectivity index (χ2v) is 4.29. The summed E-state index contributed by atoms with van der Waals surface area (Å²) in [7, 11) is 0. The lowest BCUT2D eigenvalue weighted by molar-refractivity contribution is 0.421. The summed E-state index contributed by atoms with van der Waals surface area (Å²) < 4.78 is 5.22. The molecular weight excluding hydrogens is 202 g/mol. The Balaban J connectivity index is 1.82. The van der Waals surface area contributed by atoms with E-state index in [9.17, 15) is 0 Å². The van der Waals surface area contributed by atoms with Crippen LogP contribution >= 0.6 is 0 Å². The lowest BCUT2D eigenvalue weighted by Crippen LogP contribution is -1.89. The van der Waals surface area contributed by atoms with E-state index in [-0.39, 0.29) is 0 Å². The topological polar surface area (TPSA) is 64.9 Å². The Bertz CT molecular complexity index is 485. The van der Waals surface area contributed by atoms with Gasteiger partial charge in [-0.25, -0.2) is 0 Å². The van der Waals surface area contributed by atoms with Crippen molar-refractivity contribution in [3.05, 3.63) is 30.1 Å². The molecule has 0 unspecified atom stereocenters. The van der Waals surface area contributed by atoms with E-state index >= 15 is 0 Å². The maximum absolute atomic E-state index is 5.62. The molecule has 0 radical (unpaired) electrons. The molecule has 1 aromatic heterocycles. The molecule has 4 heteroatoms. The minimum atomic E-state index is 0.579. The predicted octanol–water partition coefficient (Wildman–Crippen LogP) is 2.27. The van der Waals surface area contributed by atoms with Gasteiger partial charge in [0.05, 0.1) is 0 Å². The van der Waals surface area contributed by atoms with E-state index in [0.717, 1.165) is 29.4 Å². The number of anilines is 1. The molecule has 4 nitrogen and oxygen atoms in total. The van der Waals surface area contributed by atoms with Crippen molar-refractivity contribution in [1.29, 1.82) is 0 Å². The summed E-state index contributed by atoms with van der Waals surface area (Å²) in [6, 6.07) is 7.45. The van der Waals surface area contributed by atoms with Crippen LogP contribution < -0.4 is 5.73 Å². The second-order valence-electron chi connectivity index (χ2n) is 4.29. The van der Waals surface area contributed by atoms with Crippen molar-refractivity contribution in [2.24, 2.45) is 5.92 Å². The molecule has 0 atom stereocenters. The molecule has 1 aliphatic carbocycles. The average Bonchev–Trinajstić information content (AvgIpc) is 2.97. The largest absolute Gasteiger partial charge is 0.399 e. The van der Waals surface area contributed by atoms with Crippen molar-refractivity contribution >= 4 is 5.69 Å². The van der Waals surface area contributed by atoms with Crippen LogP contribution in [0.25, 0.3) is 11.5 Å². The number of aromatic nitrogens is 2. The van der Waals surface area contributed by atoms with E-state index in [1.807, 2.05) is 24.3 Å². The third-order valence-electron chi connectivity index (χ3n) is 2.79. The highest BCUT2D eigenvalue weighted by Gasteiger charge is 2.24. The van der Waals surface area contributed by atoms with Crippen LogP contribution in [0.1, 0.15) is 18.7 Å². The molecule has 3 rings (SSSR count). The summed E-state index contributed by atoms with van der Waals surface area (Å²) in [6.45, 7) is 0. The lowest BCUT2D eigenvalue weighted by atomic mass is 10.2. The van der Waals surface area contributed by atoms with Crippen LogP contribution in [-0.4, -0.2) is 10.1 Å². The van der Waals surface area contributed by atoms with Gasteiger partial charge < -0.3 is 10.3 Å². The fraction of sp³-hybridized carbons (Fsp3) is 0.333. The predicted molar refractivity (Wildman–Crippen MR) is 60.6 cm³/mol. The maximum atomic E-state index is 5.62. The van der Waals surface area contributed by atoms with Crippen molar-refractivity contribution in [2.75, 3.05) is 5.73 Å². The Morgan fingerprint density at radius 2 is 2.00 bits per heavy atom. The minimum absolute atomic E-state index is 0.579. The smallest absolute Gasteiger partial charge is 0.257 e. The summed E-state index contributed by atoms with van der Waals surface area (Å²) in [4.78, 5) is 4.37. The zero-order chi connectivity index (χ0) is 11.0. The molecule has 1 fully saturated rings. The van der Waals surface area contributed by atoms with Gasteiger partial charge in [0.25, 0.3) is 5.89 Å². The molecule has 82 valence electrons. The van der Waals surface area contributed by atoms with Gasteiger partial charge in [0.2, 0.25) is 0 Å². The standard InChI is InChI=1S/C12H13N3O/c13-10-5-3-9(4-6-10)12-14-11(15-16-12)7-8-1-2-8/h3-6,8H,1-2,7,13H2. The van der Waals surface area contributed by atoms with Gasteiger partial charge in [0.1, 0.15) is 0 Å². The lowest BCUT2D eigenvalue weighted by Gasteiger charge is -1.94. The fourth-order valence-electron chi connectivity index (χ4n) is 1.66. The fourth-order valence-corrected chi connectivity index (χ4v) is 1.66. The SMILES string of the molecule is Nc1ccc(-c2nc(CC3CC3)no2)cc1. The highest BCUT2D eigenvalue weighted by atomic mass is 16.5. The summed E-state index contributed by atoms with van der Waals surface area (Å²) in [5, 5.41) is 3.98. The molecule has 1 aromatic carbocycles. The molecule has 0 bridgehead atoms. The molecular formula is C12H13N3O. The van der Waals surface area contributed by atoms with Gasteiger partial charge in [-0.1, -0.05) is 5.16 Å². The van der Waals surface area contributed by atoms with Gasteiger partial charge in [0, 0.05) is 17.7 Å². The van der Waals surface area contributed by atoms with Crippen molar-refractivity contribution in [2.45, 2.75) is 19.3 Å². The number of nitrogens with two attached hydrogens (primary N) is 1. The summed E-state index contributed by atoms with van der Waals surface area (Å²) >= 11 is 0. The first-order valence-electron chi connectivity index (χ1n) is 5.50. The van der Waals surface area contributed by atoms with Crippen molar-refractivity contribution in [3.8, 4) is 11.5 Å². The Morgan fingerprint density at radius 3 is 2.69 bits per heavy atom. The molecule has 1 saturated carbocycles. The van der Waals surface area contributed by atoms with Crippen LogP contribution in [0.4, 0.5) is 5.69 Å². The van der Waals surface area contributed by atoms with Crippen LogP contribution in [0.15, 0.2) is 28.8 Å². The first kappa shape index (κ1) is 9.39. The molecule has 0 aliphatic heterocycles. The zero-order valence-electron chi connectivity index (χ0n) is 8.89. The third-order valence-corrected chi connectivity index (χ3v) is 2.79. The number of hydrogen-bond donors (Lipinski definition) is 1. The molecule has 16 heavy (non-hydrogen) atoms. The Morgan fingerprint density at radius 1 is 1.25 bits per heavy atom. The highest BCUT2D eigenvalue weighted by Crippen LogP contribution is 2.32. The molecule has 0 spiro atoms. The van der Waals surface area contributed by atoms with Crippen LogP contribution in [0.5, 0.6) is 0 Å². The number of nitrogens with zero attached hydrogens (tertiary/aromatic N) is 2. The van der Waals surface area contributed by atoms with Gasteiger partial charge >= 0.3 is 0 Å². The Labute approximate surface area is 93.5 Å². The highest BCUT2D eigenvalue weighted by molar-refractivity contribution is 5.56. The van der Waals surface area contributed by atoms with E-state index < -0.39 is 0 Å². The van der Waals surface area contributed by atoms with E-state index in [1.165, 1.54) is 12.8 Å². The number of hydrogen-bond acceptors (Lipinski definition) is 4. The maximum Gasteiger partial charge on any atom is 0.257 e. The number of nitrogen functional groups attached to an aromatic ring is 1. The van der Waals surface area contributed by atoms with E-state index in [2.05, 4.69) is 10.1 Å². The molecule has 1 heterocycles. The van der Waals surface area contributed by atoms with Crippen molar-refractivity contribution in [1.82, 2.24) is 10.1 Å².